The smallest absolute Gasteiger partial charge is 0.254 e. The summed E-state index contributed by atoms with van der Waals surface area (Å²) in [5.41, 5.74) is 6.92. The van der Waals surface area contributed by atoms with Crippen LogP contribution in [0.3, 0.4) is 0 Å². The second-order valence-electron chi connectivity index (χ2n) is 5.38. The molecule has 0 saturated carbocycles. The van der Waals surface area contributed by atoms with Crippen molar-refractivity contribution in [2.45, 2.75) is 13.0 Å². The zero-order valence-electron chi connectivity index (χ0n) is 13.1. The van der Waals surface area contributed by atoms with Crippen LogP contribution in [-0.2, 0) is 6.54 Å². The van der Waals surface area contributed by atoms with Crippen molar-refractivity contribution in [2.24, 2.45) is 5.73 Å². The maximum atomic E-state index is 12.7. The van der Waals surface area contributed by atoms with Crippen LogP contribution in [0.5, 0.6) is 0 Å². The largest absolute Gasteiger partial charge is 0.396 e. The standard InChI is InChI=1S/C18H19ClN2O3/c19-16-4-1-3-13(11-16)12-21(9-2-10-22)18(24)15-7-5-14(6-8-15)17(20)23/h1,3-8,11,22H,2,9-10,12H2,(H2,20,23). The Labute approximate surface area is 145 Å². The molecule has 0 aliphatic carbocycles. The Kier molecular flexibility index (Phi) is 6.35. The quantitative estimate of drug-likeness (QED) is 0.807. The van der Waals surface area contributed by atoms with E-state index in [1.165, 1.54) is 12.1 Å². The second kappa shape index (κ2) is 8.47. The van der Waals surface area contributed by atoms with E-state index in [4.69, 9.17) is 22.4 Å². The minimum Gasteiger partial charge on any atom is -0.396 e. The fourth-order valence-electron chi connectivity index (χ4n) is 2.33. The molecule has 5 nitrogen and oxygen atoms in total. The molecule has 2 aromatic rings. The van der Waals surface area contributed by atoms with E-state index in [2.05, 4.69) is 0 Å². The van der Waals surface area contributed by atoms with Gasteiger partial charge in [0.2, 0.25) is 5.91 Å². The summed E-state index contributed by atoms with van der Waals surface area (Å²) in [4.78, 5) is 25.5. The van der Waals surface area contributed by atoms with E-state index in [-0.39, 0.29) is 12.5 Å². The summed E-state index contributed by atoms with van der Waals surface area (Å²) in [6.07, 6.45) is 0.478. The lowest BCUT2D eigenvalue weighted by Crippen LogP contribution is -2.32. The minimum absolute atomic E-state index is 0.0000605. The third-order valence-corrected chi connectivity index (χ3v) is 3.79. The SMILES string of the molecule is NC(=O)c1ccc(C(=O)N(CCCO)Cc2cccc(Cl)c2)cc1. The van der Waals surface area contributed by atoms with Crippen molar-refractivity contribution < 1.29 is 14.7 Å². The highest BCUT2D eigenvalue weighted by atomic mass is 35.5. The van der Waals surface area contributed by atoms with Gasteiger partial charge in [0.15, 0.2) is 0 Å². The maximum Gasteiger partial charge on any atom is 0.254 e. The third kappa shape index (κ3) is 4.81. The molecule has 0 spiro atoms. The highest BCUT2D eigenvalue weighted by Crippen LogP contribution is 2.15. The lowest BCUT2D eigenvalue weighted by molar-refractivity contribution is 0.0731. The summed E-state index contributed by atoms with van der Waals surface area (Å²) >= 11 is 5.99. The fraction of sp³-hybridized carbons (Fsp3) is 0.222. The first kappa shape index (κ1) is 18.0. The predicted molar refractivity (Wildman–Crippen MR) is 92.9 cm³/mol. The number of halogens is 1. The number of nitrogens with zero attached hydrogens (tertiary/aromatic N) is 1. The van der Waals surface area contributed by atoms with Gasteiger partial charge in [-0.05, 0) is 48.4 Å². The van der Waals surface area contributed by atoms with E-state index in [1.807, 2.05) is 12.1 Å². The van der Waals surface area contributed by atoms with Crippen LogP contribution in [0.15, 0.2) is 48.5 Å². The second-order valence-corrected chi connectivity index (χ2v) is 5.81. The van der Waals surface area contributed by atoms with Crippen LogP contribution in [-0.4, -0.2) is 35.0 Å². The molecule has 2 rings (SSSR count). The molecular formula is C18H19ClN2O3. The van der Waals surface area contributed by atoms with E-state index in [0.29, 0.717) is 35.7 Å². The Hall–Kier alpha value is -2.37. The Balaban J connectivity index is 2.19. The maximum absolute atomic E-state index is 12.7. The van der Waals surface area contributed by atoms with Gasteiger partial charge in [0, 0.05) is 35.8 Å². The summed E-state index contributed by atoms with van der Waals surface area (Å²) in [5, 5.41) is 9.67. The number of amides is 2. The summed E-state index contributed by atoms with van der Waals surface area (Å²) in [5.74, 6) is -0.718. The molecule has 0 unspecified atom stereocenters. The number of carbonyl (C=O) groups is 2. The zero-order valence-corrected chi connectivity index (χ0v) is 13.9. The number of primary amides is 1. The van der Waals surface area contributed by atoms with Gasteiger partial charge in [-0.1, -0.05) is 23.7 Å². The van der Waals surface area contributed by atoms with E-state index >= 15 is 0 Å². The van der Waals surface area contributed by atoms with Crippen molar-refractivity contribution in [3.8, 4) is 0 Å². The molecule has 2 amide bonds. The first-order valence-electron chi connectivity index (χ1n) is 7.55. The van der Waals surface area contributed by atoms with E-state index in [9.17, 15) is 9.59 Å². The Morgan fingerprint density at radius 1 is 1.08 bits per heavy atom. The number of hydrogen-bond donors (Lipinski definition) is 2. The van der Waals surface area contributed by atoms with Crippen LogP contribution in [0.2, 0.25) is 5.02 Å². The molecule has 0 saturated heterocycles. The molecule has 6 heteroatoms. The van der Waals surface area contributed by atoms with Gasteiger partial charge in [-0.3, -0.25) is 9.59 Å². The predicted octanol–water partition coefficient (Wildman–Crippen LogP) is 2.46. The van der Waals surface area contributed by atoms with Crippen molar-refractivity contribution in [2.75, 3.05) is 13.2 Å². The van der Waals surface area contributed by atoms with Crippen LogP contribution in [0.25, 0.3) is 0 Å². The van der Waals surface area contributed by atoms with Gasteiger partial charge in [-0.25, -0.2) is 0 Å². The highest BCUT2D eigenvalue weighted by molar-refractivity contribution is 6.30. The molecule has 0 radical (unpaired) electrons. The van der Waals surface area contributed by atoms with Crippen molar-refractivity contribution in [1.82, 2.24) is 4.90 Å². The van der Waals surface area contributed by atoms with Gasteiger partial charge in [0.1, 0.15) is 0 Å². The van der Waals surface area contributed by atoms with Crippen molar-refractivity contribution in [3.63, 3.8) is 0 Å². The van der Waals surface area contributed by atoms with Crippen LogP contribution < -0.4 is 5.73 Å². The number of rotatable bonds is 7. The lowest BCUT2D eigenvalue weighted by atomic mass is 10.1. The normalized spacial score (nSPS) is 10.4. The average Bonchev–Trinajstić information content (AvgIpc) is 2.58. The molecule has 3 N–H and O–H groups in total. The van der Waals surface area contributed by atoms with Crippen molar-refractivity contribution in [1.29, 1.82) is 0 Å². The molecule has 0 aliphatic heterocycles. The van der Waals surface area contributed by atoms with Gasteiger partial charge in [0.05, 0.1) is 0 Å². The summed E-state index contributed by atoms with van der Waals surface area (Å²) in [6, 6.07) is 13.5. The van der Waals surface area contributed by atoms with Crippen LogP contribution in [0, 0.1) is 0 Å². The monoisotopic (exact) mass is 346 g/mol. The number of benzene rings is 2. The fourth-order valence-corrected chi connectivity index (χ4v) is 2.54. The number of hydrogen-bond acceptors (Lipinski definition) is 3. The number of aliphatic hydroxyl groups is 1. The van der Waals surface area contributed by atoms with E-state index in [0.717, 1.165) is 5.56 Å². The highest BCUT2D eigenvalue weighted by Gasteiger charge is 2.16. The van der Waals surface area contributed by atoms with Gasteiger partial charge in [-0.2, -0.15) is 0 Å². The summed E-state index contributed by atoms with van der Waals surface area (Å²) in [6.45, 7) is 0.802. The van der Waals surface area contributed by atoms with Gasteiger partial charge in [-0.15, -0.1) is 0 Å². The summed E-state index contributed by atoms with van der Waals surface area (Å²) in [7, 11) is 0. The molecule has 0 atom stereocenters. The minimum atomic E-state index is -0.537. The van der Waals surface area contributed by atoms with Crippen LogP contribution >= 0.6 is 11.6 Å². The lowest BCUT2D eigenvalue weighted by Gasteiger charge is -2.23. The molecule has 0 aliphatic rings. The van der Waals surface area contributed by atoms with Gasteiger partial charge < -0.3 is 15.7 Å². The van der Waals surface area contributed by atoms with Crippen molar-refractivity contribution in [3.05, 3.63) is 70.2 Å². The molecule has 0 heterocycles. The zero-order chi connectivity index (χ0) is 17.5. The average molecular weight is 347 g/mol. The summed E-state index contributed by atoms with van der Waals surface area (Å²) < 4.78 is 0. The Bertz CT molecular complexity index is 716. The molecule has 24 heavy (non-hydrogen) atoms. The van der Waals surface area contributed by atoms with Crippen LogP contribution in [0.4, 0.5) is 0 Å². The first-order chi connectivity index (χ1) is 11.5. The van der Waals surface area contributed by atoms with Crippen molar-refractivity contribution >= 4 is 23.4 Å². The van der Waals surface area contributed by atoms with Gasteiger partial charge >= 0.3 is 0 Å². The molecular weight excluding hydrogens is 328 g/mol. The Morgan fingerprint density at radius 2 is 1.75 bits per heavy atom. The molecule has 0 fully saturated rings. The van der Waals surface area contributed by atoms with Gasteiger partial charge in [0.25, 0.3) is 5.91 Å². The third-order valence-electron chi connectivity index (χ3n) is 3.55. The van der Waals surface area contributed by atoms with E-state index in [1.54, 1.807) is 29.2 Å². The Morgan fingerprint density at radius 3 is 2.33 bits per heavy atom. The molecule has 2 aromatic carbocycles. The number of nitrogens with two attached hydrogens (primary N) is 1. The molecule has 126 valence electrons. The molecule has 0 aromatic heterocycles. The topological polar surface area (TPSA) is 83.6 Å². The number of carbonyl (C=O) groups excluding carboxylic acids is 2. The van der Waals surface area contributed by atoms with Crippen LogP contribution in [0.1, 0.15) is 32.7 Å². The first-order valence-corrected chi connectivity index (χ1v) is 7.93. The number of aliphatic hydroxyl groups excluding tert-OH is 1. The van der Waals surface area contributed by atoms with E-state index < -0.39 is 5.91 Å². The molecule has 0 bridgehead atoms.